The van der Waals surface area contributed by atoms with E-state index in [9.17, 15) is 0 Å². The summed E-state index contributed by atoms with van der Waals surface area (Å²) in [4.78, 5) is 13.7. The highest BCUT2D eigenvalue weighted by Crippen LogP contribution is 2.43. The molecule has 2 aromatic heterocycles. The third-order valence-corrected chi connectivity index (χ3v) is 6.73. The Bertz CT molecular complexity index is 1220. The molecule has 0 radical (unpaired) electrons. The van der Waals surface area contributed by atoms with Gasteiger partial charge in [0.25, 0.3) is 0 Å². The maximum absolute atomic E-state index is 6.35. The number of rotatable bonds is 4. The van der Waals surface area contributed by atoms with Crippen LogP contribution in [-0.2, 0) is 13.0 Å². The van der Waals surface area contributed by atoms with Gasteiger partial charge in [-0.05, 0) is 60.7 Å². The number of aryl methyl sites for hydroxylation is 1. The molecule has 5 rings (SSSR count). The second-order valence-corrected chi connectivity index (χ2v) is 8.97. The van der Waals surface area contributed by atoms with E-state index >= 15 is 0 Å². The molecule has 0 saturated heterocycles. The molecular formula is C24H22ClN3OS. The molecule has 1 aliphatic heterocycles. The summed E-state index contributed by atoms with van der Waals surface area (Å²) < 4.78 is 5.62. The van der Waals surface area contributed by atoms with E-state index < -0.39 is 0 Å². The number of benzene rings is 2. The van der Waals surface area contributed by atoms with E-state index in [2.05, 4.69) is 53.2 Å². The zero-order valence-corrected chi connectivity index (χ0v) is 18.6. The molecule has 0 spiro atoms. The Balaban J connectivity index is 1.64. The largest absolute Gasteiger partial charge is 0.494 e. The van der Waals surface area contributed by atoms with Crippen molar-refractivity contribution in [3.8, 4) is 16.9 Å². The number of halogens is 1. The summed E-state index contributed by atoms with van der Waals surface area (Å²) in [5.74, 6) is 1.80. The van der Waals surface area contributed by atoms with Crippen molar-refractivity contribution < 1.29 is 4.74 Å². The smallest absolute Gasteiger partial charge is 0.225 e. The molecule has 0 saturated carbocycles. The number of anilines is 1. The van der Waals surface area contributed by atoms with E-state index in [1.165, 1.54) is 21.6 Å². The van der Waals surface area contributed by atoms with Crippen LogP contribution in [0.5, 0.6) is 5.75 Å². The molecule has 0 bridgehead atoms. The lowest BCUT2D eigenvalue weighted by Gasteiger charge is -2.30. The summed E-state index contributed by atoms with van der Waals surface area (Å²) in [6.45, 7) is 6.54. The Labute approximate surface area is 185 Å². The normalized spacial score (nSPS) is 13.5. The minimum absolute atomic E-state index is 0.302. The monoisotopic (exact) mass is 435 g/mol. The van der Waals surface area contributed by atoms with Crippen LogP contribution in [0.15, 0.2) is 48.5 Å². The van der Waals surface area contributed by atoms with E-state index in [1.54, 1.807) is 11.3 Å². The van der Waals surface area contributed by atoms with Crippen LogP contribution in [0.2, 0.25) is 5.28 Å². The molecule has 2 aromatic carbocycles. The molecule has 4 aromatic rings. The predicted molar refractivity (Wildman–Crippen MR) is 125 cm³/mol. The Hall–Kier alpha value is -2.63. The number of aromatic nitrogens is 2. The molecule has 1 aliphatic rings. The van der Waals surface area contributed by atoms with Crippen molar-refractivity contribution >= 4 is 39.0 Å². The summed E-state index contributed by atoms with van der Waals surface area (Å²) in [5.41, 5.74) is 5.09. The highest BCUT2D eigenvalue weighted by atomic mass is 35.5. The zero-order chi connectivity index (χ0) is 20.7. The van der Waals surface area contributed by atoms with Gasteiger partial charge in [0, 0.05) is 23.5 Å². The van der Waals surface area contributed by atoms with Gasteiger partial charge < -0.3 is 9.64 Å². The van der Waals surface area contributed by atoms with Gasteiger partial charge in [-0.3, -0.25) is 0 Å². The summed E-state index contributed by atoms with van der Waals surface area (Å²) in [6, 6.07) is 16.9. The molecule has 0 amide bonds. The topological polar surface area (TPSA) is 38.3 Å². The van der Waals surface area contributed by atoms with Crippen molar-refractivity contribution in [2.75, 3.05) is 18.1 Å². The Morgan fingerprint density at radius 1 is 1.07 bits per heavy atom. The van der Waals surface area contributed by atoms with Crippen LogP contribution in [0.1, 0.15) is 22.9 Å². The molecule has 0 N–H and O–H groups in total. The van der Waals surface area contributed by atoms with E-state index in [1.807, 2.05) is 19.1 Å². The first-order valence-corrected chi connectivity index (χ1v) is 11.3. The Kier molecular flexibility index (Phi) is 5.09. The van der Waals surface area contributed by atoms with Gasteiger partial charge in [-0.25, -0.2) is 4.98 Å². The number of hydrogen-bond donors (Lipinski definition) is 0. The van der Waals surface area contributed by atoms with Gasteiger partial charge in [-0.2, -0.15) is 4.98 Å². The molecule has 0 atom stereocenters. The first-order chi connectivity index (χ1) is 14.6. The fourth-order valence-electron chi connectivity index (χ4n) is 4.21. The molecule has 0 unspecified atom stereocenters. The van der Waals surface area contributed by atoms with Crippen LogP contribution in [0, 0.1) is 6.92 Å². The SMILES string of the molecule is CCOc1ccc(-c2c(C)sc3nc(Cl)nc(N4CCc5ccccc5C4)c23)cc1. The second-order valence-electron chi connectivity index (χ2n) is 7.43. The van der Waals surface area contributed by atoms with E-state index in [0.717, 1.165) is 46.9 Å². The predicted octanol–water partition coefficient (Wildman–Crippen LogP) is 6.28. The van der Waals surface area contributed by atoms with Crippen LogP contribution in [-0.4, -0.2) is 23.1 Å². The summed E-state index contributed by atoms with van der Waals surface area (Å²) >= 11 is 8.02. The van der Waals surface area contributed by atoms with Crippen LogP contribution in [0.4, 0.5) is 5.82 Å². The minimum atomic E-state index is 0.302. The third kappa shape index (κ3) is 3.42. The van der Waals surface area contributed by atoms with Crippen LogP contribution < -0.4 is 9.64 Å². The van der Waals surface area contributed by atoms with Crippen molar-refractivity contribution in [1.82, 2.24) is 9.97 Å². The van der Waals surface area contributed by atoms with Crippen molar-refractivity contribution in [2.24, 2.45) is 0 Å². The number of ether oxygens (including phenoxy) is 1. The quantitative estimate of drug-likeness (QED) is 0.353. The van der Waals surface area contributed by atoms with Crippen molar-refractivity contribution in [3.05, 3.63) is 69.8 Å². The van der Waals surface area contributed by atoms with Gasteiger partial charge >= 0.3 is 0 Å². The minimum Gasteiger partial charge on any atom is -0.494 e. The lowest BCUT2D eigenvalue weighted by atomic mass is 9.99. The van der Waals surface area contributed by atoms with Crippen molar-refractivity contribution in [3.63, 3.8) is 0 Å². The van der Waals surface area contributed by atoms with Crippen molar-refractivity contribution in [2.45, 2.75) is 26.8 Å². The average molecular weight is 436 g/mol. The highest BCUT2D eigenvalue weighted by Gasteiger charge is 2.24. The molecule has 30 heavy (non-hydrogen) atoms. The molecule has 4 nitrogen and oxygen atoms in total. The van der Waals surface area contributed by atoms with E-state index in [4.69, 9.17) is 21.3 Å². The standard InChI is InChI=1S/C24H22ClN3OS/c1-3-29-19-10-8-17(9-11-19)20-15(2)30-23-21(20)22(26-24(25)27-23)28-13-12-16-6-4-5-7-18(16)14-28/h4-11H,3,12-14H2,1-2H3. The molecular weight excluding hydrogens is 414 g/mol. The summed E-state index contributed by atoms with van der Waals surface area (Å²) in [6.07, 6.45) is 1.00. The van der Waals surface area contributed by atoms with E-state index in [-0.39, 0.29) is 0 Å². The van der Waals surface area contributed by atoms with Gasteiger partial charge in [0.05, 0.1) is 12.0 Å². The zero-order valence-electron chi connectivity index (χ0n) is 17.0. The first kappa shape index (κ1) is 19.3. The van der Waals surface area contributed by atoms with Gasteiger partial charge in [-0.1, -0.05) is 36.4 Å². The van der Waals surface area contributed by atoms with Crippen LogP contribution in [0.3, 0.4) is 0 Å². The number of nitrogens with zero attached hydrogens (tertiary/aromatic N) is 3. The lowest BCUT2D eigenvalue weighted by molar-refractivity contribution is 0.340. The lowest BCUT2D eigenvalue weighted by Crippen LogP contribution is -2.31. The highest BCUT2D eigenvalue weighted by molar-refractivity contribution is 7.19. The van der Waals surface area contributed by atoms with Crippen LogP contribution >= 0.6 is 22.9 Å². The van der Waals surface area contributed by atoms with Gasteiger partial charge in [0.2, 0.25) is 5.28 Å². The summed E-state index contributed by atoms with van der Waals surface area (Å²) in [7, 11) is 0. The molecule has 3 heterocycles. The summed E-state index contributed by atoms with van der Waals surface area (Å²) in [5, 5.41) is 1.39. The van der Waals surface area contributed by atoms with E-state index in [0.29, 0.717) is 11.9 Å². The third-order valence-electron chi connectivity index (χ3n) is 5.57. The molecule has 0 fully saturated rings. The number of thiophene rings is 1. The Morgan fingerprint density at radius 3 is 2.60 bits per heavy atom. The van der Waals surface area contributed by atoms with Gasteiger partial charge in [-0.15, -0.1) is 11.3 Å². The first-order valence-electron chi connectivity index (χ1n) is 10.2. The maximum Gasteiger partial charge on any atom is 0.225 e. The number of hydrogen-bond acceptors (Lipinski definition) is 5. The van der Waals surface area contributed by atoms with Crippen molar-refractivity contribution in [1.29, 1.82) is 0 Å². The fourth-order valence-corrected chi connectivity index (χ4v) is 5.46. The second kappa shape index (κ2) is 7.89. The maximum atomic E-state index is 6.35. The van der Waals surface area contributed by atoms with Gasteiger partial charge in [0.15, 0.2) is 0 Å². The Morgan fingerprint density at radius 2 is 1.83 bits per heavy atom. The molecule has 0 aliphatic carbocycles. The average Bonchev–Trinajstić information content (AvgIpc) is 3.09. The fraction of sp³-hybridized carbons (Fsp3) is 0.250. The number of fused-ring (bicyclic) bond motifs is 2. The molecule has 6 heteroatoms. The molecule has 152 valence electrons. The van der Waals surface area contributed by atoms with Crippen LogP contribution in [0.25, 0.3) is 21.3 Å². The van der Waals surface area contributed by atoms with Gasteiger partial charge in [0.1, 0.15) is 16.4 Å².